The molecule has 2 N–H and O–H groups in total. The average Bonchev–Trinajstić information content (AvgIpc) is 3.17. The van der Waals surface area contributed by atoms with Gasteiger partial charge >= 0.3 is 6.18 Å². The molecule has 11 heteroatoms. The van der Waals surface area contributed by atoms with Crippen LogP contribution in [0, 0.1) is 6.92 Å². The second kappa shape index (κ2) is 8.50. The van der Waals surface area contributed by atoms with E-state index in [4.69, 9.17) is 0 Å². The molecule has 0 radical (unpaired) electrons. The van der Waals surface area contributed by atoms with Gasteiger partial charge in [0.1, 0.15) is 5.39 Å². The molecular weight excluding hydrogens is 443 g/mol. The van der Waals surface area contributed by atoms with Crippen molar-refractivity contribution in [2.45, 2.75) is 18.3 Å². The van der Waals surface area contributed by atoms with Gasteiger partial charge in [0.05, 0.1) is 28.9 Å². The van der Waals surface area contributed by atoms with Crippen LogP contribution in [0.15, 0.2) is 64.7 Å². The van der Waals surface area contributed by atoms with E-state index >= 15 is 0 Å². The van der Waals surface area contributed by atoms with Gasteiger partial charge in [-0.15, -0.1) is 0 Å². The maximum atomic E-state index is 13.1. The molecule has 0 fully saturated rings. The molecule has 164 valence electrons. The molecule has 0 unspecified atom stereocenters. The highest BCUT2D eigenvalue weighted by atomic mass is 32.2. The number of benzene rings is 2. The average molecular weight is 459 g/mol. The van der Waals surface area contributed by atoms with E-state index < -0.39 is 23.2 Å². The zero-order valence-corrected chi connectivity index (χ0v) is 17.4. The number of aromatic nitrogens is 4. The number of nitrogens with zero attached hydrogens (tertiary/aromatic N) is 3. The number of carbonyl (C=O) groups is 1. The van der Waals surface area contributed by atoms with Crippen LogP contribution in [0.5, 0.6) is 0 Å². The number of aromatic amines is 1. The van der Waals surface area contributed by atoms with Crippen LogP contribution >= 0.6 is 11.8 Å². The number of fused-ring (bicyclic) bond motifs is 1. The fourth-order valence-corrected chi connectivity index (χ4v) is 3.66. The van der Waals surface area contributed by atoms with Crippen molar-refractivity contribution >= 4 is 34.4 Å². The molecule has 4 rings (SSSR count). The van der Waals surface area contributed by atoms with Gasteiger partial charge in [-0.1, -0.05) is 41.6 Å². The van der Waals surface area contributed by atoms with Crippen LogP contribution in [0.1, 0.15) is 11.1 Å². The molecule has 4 aromatic rings. The highest BCUT2D eigenvalue weighted by Crippen LogP contribution is 2.34. The van der Waals surface area contributed by atoms with Gasteiger partial charge in [0.2, 0.25) is 5.91 Å². The summed E-state index contributed by atoms with van der Waals surface area (Å²) >= 11 is 0.899. The van der Waals surface area contributed by atoms with Gasteiger partial charge in [-0.2, -0.15) is 18.3 Å². The first-order valence-corrected chi connectivity index (χ1v) is 10.3. The monoisotopic (exact) mass is 459 g/mol. The normalized spacial score (nSPS) is 11.6. The Balaban J connectivity index is 1.54. The second-order valence-electron chi connectivity index (χ2n) is 6.88. The Kier molecular flexibility index (Phi) is 5.74. The Bertz CT molecular complexity index is 1350. The van der Waals surface area contributed by atoms with E-state index in [1.165, 1.54) is 29.1 Å². The van der Waals surface area contributed by atoms with Crippen LogP contribution in [0.4, 0.5) is 18.9 Å². The number of anilines is 1. The summed E-state index contributed by atoms with van der Waals surface area (Å²) in [6, 6.07) is 12.2. The molecule has 2 aromatic carbocycles. The third-order valence-electron chi connectivity index (χ3n) is 4.54. The molecule has 7 nitrogen and oxygen atoms in total. The lowest BCUT2D eigenvalue weighted by atomic mass is 10.1. The van der Waals surface area contributed by atoms with Gasteiger partial charge in [0, 0.05) is 0 Å². The first-order chi connectivity index (χ1) is 15.2. The Labute approximate surface area is 183 Å². The van der Waals surface area contributed by atoms with Crippen molar-refractivity contribution in [3.63, 3.8) is 0 Å². The minimum atomic E-state index is -4.59. The predicted molar refractivity (Wildman–Crippen MR) is 115 cm³/mol. The van der Waals surface area contributed by atoms with Crippen LogP contribution in [-0.4, -0.2) is 31.4 Å². The lowest BCUT2D eigenvalue weighted by Gasteiger charge is -2.13. The van der Waals surface area contributed by atoms with Crippen molar-refractivity contribution in [3.8, 4) is 5.69 Å². The summed E-state index contributed by atoms with van der Waals surface area (Å²) < 4.78 is 40.8. The molecule has 2 heterocycles. The molecule has 2 aromatic heterocycles. The first kappa shape index (κ1) is 21.6. The third-order valence-corrected chi connectivity index (χ3v) is 5.41. The molecule has 32 heavy (non-hydrogen) atoms. The van der Waals surface area contributed by atoms with E-state index in [0.717, 1.165) is 23.4 Å². The number of rotatable bonds is 5. The van der Waals surface area contributed by atoms with Crippen molar-refractivity contribution in [1.82, 2.24) is 19.7 Å². The lowest BCUT2D eigenvalue weighted by Crippen LogP contribution is -2.18. The van der Waals surface area contributed by atoms with Gasteiger partial charge in [-0.05, 0) is 31.2 Å². The zero-order valence-electron chi connectivity index (χ0n) is 16.6. The van der Waals surface area contributed by atoms with E-state index in [0.29, 0.717) is 11.3 Å². The van der Waals surface area contributed by atoms with Crippen molar-refractivity contribution in [2.24, 2.45) is 0 Å². The molecule has 0 aliphatic rings. The minimum Gasteiger partial charge on any atom is -0.325 e. The second-order valence-corrected chi connectivity index (χ2v) is 7.84. The van der Waals surface area contributed by atoms with Crippen LogP contribution in [0.25, 0.3) is 16.7 Å². The van der Waals surface area contributed by atoms with Crippen LogP contribution in [-0.2, 0) is 11.0 Å². The number of halogens is 3. The third kappa shape index (κ3) is 4.52. The standard InChI is InChI=1S/C21H16F3N5O2S/c1-12-6-8-13(9-7-12)29-18-14(10-25-29)19(31)28-20(27-18)32-11-17(30)26-16-5-3-2-4-15(16)21(22,23)24/h2-10H,11H2,1H3,(H,26,30)(H,27,28,31). The molecule has 0 aliphatic heterocycles. The molecule has 0 aliphatic carbocycles. The van der Waals surface area contributed by atoms with Crippen LogP contribution < -0.4 is 10.9 Å². The minimum absolute atomic E-state index is 0.149. The van der Waals surface area contributed by atoms with Crippen molar-refractivity contribution < 1.29 is 18.0 Å². The molecular formula is C21H16F3N5O2S. The van der Waals surface area contributed by atoms with Gasteiger partial charge in [0.15, 0.2) is 10.8 Å². The number of carbonyl (C=O) groups excluding carboxylic acids is 1. The zero-order chi connectivity index (χ0) is 22.9. The quantitative estimate of drug-likeness (QED) is 0.345. The fraction of sp³-hybridized carbons (Fsp3) is 0.143. The lowest BCUT2D eigenvalue weighted by molar-refractivity contribution is -0.137. The molecule has 0 atom stereocenters. The van der Waals surface area contributed by atoms with E-state index in [1.54, 1.807) is 0 Å². The number of nitrogens with one attached hydrogen (secondary N) is 2. The number of alkyl halides is 3. The van der Waals surface area contributed by atoms with E-state index in [-0.39, 0.29) is 22.0 Å². The van der Waals surface area contributed by atoms with Gasteiger partial charge in [-0.25, -0.2) is 9.67 Å². The van der Waals surface area contributed by atoms with Crippen molar-refractivity contribution in [1.29, 1.82) is 0 Å². The molecule has 0 spiro atoms. The van der Waals surface area contributed by atoms with Crippen LogP contribution in [0.2, 0.25) is 0 Å². The van der Waals surface area contributed by atoms with Gasteiger partial charge < -0.3 is 10.3 Å². The number of hydrogen-bond acceptors (Lipinski definition) is 5. The van der Waals surface area contributed by atoms with Crippen molar-refractivity contribution in [2.75, 3.05) is 11.1 Å². The molecule has 1 amide bonds. The summed E-state index contributed by atoms with van der Waals surface area (Å²) in [5.74, 6) is -0.916. The highest BCUT2D eigenvalue weighted by molar-refractivity contribution is 7.99. The summed E-state index contributed by atoms with van der Waals surface area (Å²) in [4.78, 5) is 31.6. The van der Waals surface area contributed by atoms with Gasteiger partial charge in [0.25, 0.3) is 5.56 Å². The number of amides is 1. The Morgan fingerprint density at radius 3 is 2.59 bits per heavy atom. The number of hydrogen-bond donors (Lipinski definition) is 2. The van der Waals surface area contributed by atoms with E-state index in [1.807, 2.05) is 31.2 Å². The number of para-hydroxylation sites is 1. The number of aryl methyl sites for hydroxylation is 1. The molecule has 0 saturated heterocycles. The summed E-state index contributed by atoms with van der Waals surface area (Å²) in [5, 5.41) is 6.90. The fourth-order valence-electron chi connectivity index (χ4n) is 3.00. The van der Waals surface area contributed by atoms with Crippen molar-refractivity contribution in [3.05, 3.63) is 76.2 Å². The first-order valence-electron chi connectivity index (χ1n) is 9.36. The van der Waals surface area contributed by atoms with Crippen LogP contribution in [0.3, 0.4) is 0 Å². The summed E-state index contributed by atoms with van der Waals surface area (Å²) in [5.41, 5.74) is 0.376. The highest BCUT2D eigenvalue weighted by Gasteiger charge is 2.33. The summed E-state index contributed by atoms with van der Waals surface area (Å²) in [6.07, 6.45) is -3.19. The smallest absolute Gasteiger partial charge is 0.325 e. The predicted octanol–water partition coefficient (Wildman–Crippen LogP) is 4.17. The van der Waals surface area contributed by atoms with Gasteiger partial charge in [-0.3, -0.25) is 9.59 Å². The summed E-state index contributed by atoms with van der Waals surface area (Å²) in [7, 11) is 0. The summed E-state index contributed by atoms with van der Waals surface area (Å²) in [6.45, 7) is 1.95. The Morgan fingerprint density at radius 1 is 1.16 bits per heavy atom. The maximum Gasteiger partial charge on any atom is 0.418 e. The molecule has 0 bridgehead atoms. The van der Waals surface area contributed by atoms with E-state index in [2.05, 4.69) is 20.4 Å². The van der Waals surface area contributed by atoms with E-state index in [9.17, 15) is 22.8 Å². The molecule has 0 saturated carbocycles. The SMILES string of the molecule is Cc1ccc(-n2ncc3c(=O)[nH]c(SCC(=O)Nc4ccccc4C(F)(F)F)nc32)cc1. The topological polar surface area (TPSA) is 92.7 Å². The Hall–Kier alpha value is -3.60. The Morgan fingerprint density at radius 2 is 1.88 bits per heavy atom. The number of thioether (sulfide) groups is 1. The number of H-pyrrole nitrogens is 1. The largest absolute Gasteiger partial charge is 0.418 e. The maximum absolute atomic E-state index is 13.1.